The Morgan fingerprint density at radius 3 is 2.25 bits per heavy atom. The maximum atomic E-state index is 10.6. The standard InChI is InChI=1S/C16H19N3O3.2C2HF3O2/c1-19-14-9-20-8-12(13(14)7-18-19)6-17-5-11-2-3-15-16(4-11)22-10-21-15;2*3-2(4,5)1(6)7/h2-4,7,12,17H,5-6,8-10H2,1H3;2*(H,6,7). The molecule has 2 aromatic rings. The number of fused-ring (bicyclic) bond motifs is 2. The van der Waals surface area contributed by atoms with E-state index in [0.29, 0.717) is 19.3 Å². The highest BCUT2D eigenvalue weighted by Gasteiger charge is 2.38. The van der Waals surface area contributed by atoms with Gasteiger partial charge in [0.05, 0.1) is 25.1 Å². The van der Waals surface area contributed by atoms with Crippen LogP contribution >= 0.6 is 0 Å². The van der Waals surface area contributed by atoms with E-state index < -0.39 is 24.3 Å². The van der Waals surface area contributed by atoms with Crippen LogP contribution in [0.4, 0.5) is 26.3 Å². The number of carbonyl (C=O) groups is 2. The molecule has 0 saturated carbocycles. The molecule has 1 unspecified atom stereocenters. The first kappa shape index (κ1) is 28.7. The van der Waals surface area contributed by atoms with Gasteiger partial charge in [-0.2, -0.15) is 31.4 Å². The predicted molar refractivity (Wildman–Crippen MR) is 107 cm³/mol. The molecule has 0 radical (unpaired) electrons. The minimum atomic E-state index is -5.08. The van der Waals surface area contributed by atoms with Crippen molar-refractivity contribution in [2.24, 2.45) is 7.05 Å². The first-order valence-corrected chi connectivity index (χ1v) is 9.98. The van der Waals surface area contributed by atoms with Gasteiger partial charge in [0.1, 0.15) is 0 Å². The Hall–Kier alpha value is -3.53. The summed E-state index contributed by atoms with van der Waals surface area (Å²) in [6, 6.07) is 6.05. The predicted octanol–water partition coefficient (Wildman–Crippen LogP) is 2.82. The number of nitrogens with zero attached hydrogens (tertiary/aromatic N) is 2. The summed E-state index contributed by atoms with van der Waals surface area (Å²) in [5, 5.41) is 22.1. The average molecular weight is 529 g/mol. The molecule has 0 fully saturated rings. The normalized spacial score (nSPS) is 16.1. The number of nitrogens with one attached hydrogen (secondary N) is 1. The third-order valence-corrected chi connectivity index (χ3v) is 4.73. The van der Waals surface area contributed by atoms with Crippen LogP contribution in [-0.4, -0.2) is 64.2 Å². The molecule has 1 atom stereocenters. The molecule has 16 heteroatoms. The van der Waals surface area contributed by atoms with E-state index in [1.54, 1.807) is 0 Å². The van der Waals surface area contributed by atoms with E-state index in [4.69, 9.17) is 34.0 Å². The molecular weight excluding hydrogens is 508 g/mol. The van der Waals surface area contributed by atoms with E-state index in [0.717, 1.165) is 31.2 Å². The van der Waals surface area contributed by atoms with Crippen LogP contribution in [0.15, 0.2) is 24.4 Å². The number of halogens is 6. The minimum Gasteiger partial charge on any atom is -0.475 e. The van der Waals surface area contributed by atoms with Gasteiger partial charge in [0.2, 0.25) is 6.79 Å². The van der Waals surface area contributed by atoms with Gasteiger partial charge in [-0.3, -0.25) is 4.68 Å². The highest BCUT2D eigenvalue weighted by molar-refractivity contribution is 5.73. The van der Waals surface area contributed by atoms with Crippen LogP contribution in [0.25, 0.3) is 0 Å². The minimum absolute atomic E-state index is 0.315. The average Bonchev–Trinajstić information content (AvgIpc) is 3.40. The number of alkyl halides is 6. The largest absolute Gasteiger partial charge is 0.490 e. The molecule has 3 N–H and O–H groups in total. The molecule has 1 aromatic heterocycles. The zero-order valence-electron chi connectivity index (χ0n) is 18.5. The number of hydrogen-bond acceptors (Lipinski definition) is 7. The fourth-order valence-corrected chi connectivity index (χ4v) is 3.00. The summed E-state index contributed by atoms with van der Waals surface area (Å²) in [6.07, 6.45) is -8.20. The van der Waals surface area contributed by atoms with Crippen molar-refractivity contribution in [2.75, 3.05) is 19.9 Å². The van der Waals surface area contributed by atoms with Gasteiger partial charge in [0.25, 0.3) is 0 Å². The molecule has 4 rings (SSSR count). The van der Waals surface area contributed by atoms with E-state index in [1.807, 2.05) is 30.1 Å². The summed E-state index contributed by atoms with van der Waals surface area (Å²) in [6.45, 7) is 3.38. The molecule has 0 bridgehead atoms. The highest BCUT2D eigenvalue weighted by atomic mass is 19.4. The number of aliphatic carboxylic acids is 2. The van der Waals surface area contributed by atoms with Crippen LogP contribution in [0.1, 0.15) is 22.7 Å². The Kier molecular flexibility index (Phi) is 9.52. The van der Waals surface area contributed by atoms with Crippen molar-refractivity contribution in [1.29, 1.82) is 0 Å². The number of aryl methyl sites for hydroxylation is 1. The fourth-order valence-electron chi connectivity index (χ4n) is 3.00. The topological polar surface area (TPSA) is 132 Å². The van der Waals surface area contributed by atoms with Crippen molar-refractivity contribution in [3.05, 3.63) is 41.2 Å². The van der Waals surface area contributed by atoms with Gasteiger partial charge in [0, 0.05) is 31.6 Å². The zero-order chi connectivity index (χ0) is 27.1. The van der Waals surface area contributed by atoms with E-state index >= 15 is 0 Å². The number of carboxylic acid groups (broad SMARTS) is 2. The maximum Gasteiger partial charge on any atom is 0.490 e. The Bertz CT molecular complexity index is 1030. The Balaban J connectivity index is 0.000000271. The van der Waals surface area contributed by atoms with E-state index in [-0.39, 0.29) is 0 Å². The van der Waals surface area contributed by atoms with Crippen LogP contribution in [0.2, 0.25) is 0 Å². The van der Waals surface area contributed by atoms with Crippen molar-refractivity contribution in [3.63, 3.8) is 0 Å². The lowest BCUT2D eigenvalue weighted by atomic mass is 9.98. The molecule has 0 saturated heterocycles. The van der Waals surface area contributed by atoms with Gasteiger partial charge in [-0.15, -0.1) is 0 Å². The molecule has 3 heterocycles. The molecular formula is C20H21F6N3O7. The molecule has 10 nitrogen and oxygen atoms in total. The lowest BCUT2D eigenvalue weighted by Crippen LogP contribution is -2.27. The highest BCUT2D eigenvalue weighted by Crippen LogP contribution is 2.32. The van der Waals surface area contributed by atoms with Gasteiger partial charge >= 0.3 is 24.3 Å². The summed E-state index contributed by atoms with van der Waals surface area (Å²) < 4.78 is 81.8. The fraction of sp³-hybridized carbons (Fsp3) is 0.450. The second-order valence-electron chi connectivity index (χ2n) is 7.31. The van der Waals surface area contributed by atoms with E-state index in [2.05, 4.69) is 16.5 Å². The summed E-state index contributed by atoms with van der Waals surface area (Å²) in [4.78, 5) is 17.8. The second kappa shape index (κ2) is 11.9. The zero-order valence-corrected chi connectivity index (χ0v) is 18.5. The third kappa shape index (κ3) is 8.30. The van der Waals surface area contributed by atoms with Crippen LogP contribution in [0, 0.1) is 0 Å². The van der Waals surface area contributed by atoms with Crippen molar-refractivity contribution in [3.8, 4) is 11.5 Å². The Morgan fingerprint density at radius 2 is 1.67 bits per heavy atom. The van der Waals surface area contributed by atoms with Gasteiger partial charge in [-0.05, 0) is 17.7 Å². The van der Waals surface area contributed by atoms with Gasteiger partial charge in [-0.1, -0.05) is 6.07 Å². The van der Waals surface area contributed by atoms with E-state index in [1.165, 1.54) is 16.8 Å². The van der Waals surface area contributed by atoms with Crippen molar-refractivity contribution >= 4 is 11.9 Å². The van der Waals surface area contributed by atoms with Crippen molar-refractivity contribution in [1.82, 2.24) is 15.1 Å². The van der Waals surface area contributed by atoms with Crippen LogP contribution < -0.4 is 14.8 Å². The molecule has 36 heavy (non-hydrogen) atoms. The van der Waals surface area contributed by atoms with Crippen molar-refractivity contribution < 1.29 is 60.4 Å². The Morgan fingerprint density at radius 1 is 1.08 bits per heavy atom. The van der Waals surface area contributed by atoms with Gasteiger partial charge in [-0.25, -0.2) is 9.59 Å². The number of carboxylic acids is 2. The van der Waals surface area contributed by atoms with Crippen LogP contribution in [0.3, 0.4) is 0 Å². The van der Waals surface area contributed by atoms with Gasteiger partial charge in [0.15, 0.2) is 11.5 Å². The third-order valence-electron chi connectivity index (χ3n) is 4.73. The smallest absolute Gasteiger partial charge is 0.475 e. The molecule has 2 aliphatic heterocycles. The van der Waals surface area contributed by atoms with E-state index in [9.17, 15) is 26.3 Å². The number of hydrogen-bond donors (Lipinski definition) is 3. The first-order chi connectivity index (χ1) is 16.7. The SMILES string of the molecule is Cn1ncc2c1COCC2CNCc1ccc2c(c1)OCO2.O=C(O)C(F)(F)F.O=C(O)C(F)(F)F. The van der Waals surface area contributed by atoms with Crippen LogP contribution in [-0.2, 0) is 34.5 Å². The molecule has 1 aromatic carbocycles. The summed E-state index contributed by atoms with van der Waals surface area (Å²) in [7, 11) is 1.96. The lowest BCUT2D eigenvalue weighted by molar-refractivity contribution is -0.193. The second-order valence-corrected chi connectivity index (χ2v) is 7.31. The number of benzene rings is 1. The lowest BCUT2D eigenvalue weighted by Gasteiger charge is -2.23. The maximum absolute atomic E-state index is 10.6. The first-order valence-electron chi connectivity index (χ1n) is 9.98. The molecule has 2 aliphatic rings. The molecule has 0 aliphatic carbocycles. The Labute approximate surface area is 199 Å². The summed E-state index contributed by atoms with van der Waals surface area (Å²) in [5.74, 6) is -3.51. The monoisotopic (exact) mass is 529 g/mol. The summed E-state index contributed by atoms with van der Waals surface area (Å²) in [5.41, 5.74) is 3.67. The van der Waals surface area contributed by atoms with Crippen LogP contribution in [0.5, 0.6) is 11.5 Å². The number of rotatable bonds is 4. The summed E-state index contributed by atoms with van der Waals surface area (Å²) >= 11 is 0. The number of aromatic nitrogens is 2. The molecule has 0 spiro atoms. The van der Waals surface area contributed by atoms with Gasteiger partial charge < -0.3 is 29.7 Å². The number of ether oxygens (including phenoxy) is 3. The molecule has 0 amide bonds. The quantitative estimate of drug-likeness (QED) is 0.512. The molecule has 200 valence electrons. The van der Waals surface area contributed by atoms with Crippen molar-refractivity contribution in [2.45, 2.75) is 31.4 Å².